The quantitative estimate of drug-likeness (QED) is 0.723. The largest absolute Gasteiger partial charge is 0.496 e. The Morgan fingerprint density at radius 3 is 2.77 bits per heavy atom. The van der Waals surface area contributed by atoms with Crippen LogP contribution in [0.1, 0.15) is 5.56 Å². The van der Waals surface area contributed by atoms with Crippen molar-refractivity contribution in [2.45, 2.75) is 6.92 Å². The highest BCUT2D eigenvalue weighted by Crippen LogP contribution is 2.20. The van der Waals surface area contributed by atoms with Crippen LogP contribution >= 0.6 is 12.6 Å². The van der Waals surface area contributed by atoms with Gasteiger partial charge in [0.2, 0.25) is 0 Å². The second-order valence-electron chi connectivity index (χ2n) is 2.83. The molecule has 1 aromatic carbocycles. The zero-order valence-electron chi connectivity index (χ0n) is 8.00. The van der Waals surface area contributed by atoms with Crippen molar-refractivity contribution in [1.82, 2.24) is 0 Å². The number of hydrogen-bond donors (Lipinski definition) is 2. The average molecular weight is 197 g/mol. The predicted octanol–water partition coefficient (Wildman–Crippen LogP) is 2.35. The topological polar surface area (TPSA) is 21.3 Å². The molecule has 0 saturated carbocycles. The van der Waals surface area contributed by atoms with E-state index in [9.17, 15) is 0 Å². The first-order chi connectivity index (χ1) is 6.27. The summed E-state index contributed by atoms with van der Waals surface area (Å²) in [7, 11) is 1.68. The summed E-state index contributed by atoms with van der Waals surface area (Å²) in [5, 5.41) is 3.25. The third-order valence-corrected chi connectivity index (χ3v) is 2.06. The number of aryl methyl sites for hydroxylation is 1. The second kappa shape index (κ2) is 5.02. The second-order valence-corrected chi connectivity index (χ2v) is 3.28. The number of thiol groups is 1. The lowest BCUT2D eigenvalue weighted by atomic mass is 10.2. The smallest absolute Gasteiger partial charge is 0.121 e. The fourth-order valence-electron chi connectivity index (χ4n) is 1.19. The van der Waals surface area contributed by atoms with Crippen molar-refractivity contribution in [3.05, 3.63) is 23.8 Å². The molecule has 0 saturated heterocycles. The van der Waals surface area contributed by atoms with E-state index in [1.54, 1.807) is 7.11 Å². The van der Waals surface area contributed by atoms with Crippen molar-refractivity contribution in [2.75, 3.05) is 24.7 Å². The van der Waals surface area contributed by atoms with Gasteiger partial charge in [-0.15, -0.1) is 0 Å². The third-order valence-electron chi connectivity index (χ3n) is 1.84. The molecule has 0 atom stereocenters. The van der Waals surface area contributed by atoms with E-state index in [0.29, 0.717) is 0 Å². The van der Waals surface area contributed by atoms with Gasteiger partial charge in [-0.05, 0) is 30.7 Å². The van der Waals surface area contributed by atoms with E-state index >= 15 is 0 Å². The van der Waals surface area contributed by atoms with Crippen molar-refractivity contribution in [3.8, 4) is 5.75 Å². The van der Waals surface area contributed by atoms with Crippen LogP contribution in [0.4, 0.5) is 5.69 Å². The zero-order chi connectivity index (χ0) is 9.68. The van der Waals surface area contributed by atoms with Crippen LogP contribution < -0.4 is 10.1 Å². The van der Waals surface area contributed by atoms with Crippen molar-refractivity contribution in [1.29, 1.82) is 0 Å². The van der Waals surface area contributed by atoms with Gasteiger partial charge >= 0.3 is 0 Å². The highest BCUT2D eigenvalue weighted by molar-refractivity contribution is 7.80. The van der Waals surface area contributed by atoms with Crippen LogP contribution in [-0.2, 0) is 0 Å². The lowest BCUT2D eigenvalue weighted by Gasteiger charge is -2.08. The fourth-order valence-corrected chi connectivity index (χ4v) is 1.30. The van der Waals surface area contributed by atoms with E-state index in [-0.39, 0.29) is 0 Å². The van der Waals surface area contributed by atoms with E-state index in [1.807, 2.05) is 19.1 Å². The number of rotatable bonds is 4. The molecule has 0 unspecified atom stereocenters. The molecule has 0 amide bonds. The Hall–Kier alpha value is -0.830. The molecule has 0 aliphatic heterocycles. The maximum Gasteiger partial charge on any atom is 0.121 e. The molecular weight excluding hydrogens is 182 g/mol. The number of methoxy groups -OCH3 is 1. The standard InChI is InChI=1S/C10H15NOS/c1-8-7-9(11-5-6-13)3-4-10(8)12-2/h3-4,7,11,13H,5-6H2,1-2H3. The normalized spacial score (nSPS) is 9.77. The van der Waals surface area contributed by atoms with E-state index in [1.165, 1.54) is 0 Å². The summed E-state index contributed by atoms with van der Waals surface area (Å²) in [6.45, 7) is 2.92. The molecule has 3 heteroatoms. The Labute approximate surface area is 84.7 Å². The molecule has 72 valence electrons. The van der Waals surface area contributed by atoms with Crippen LogP contribution in [0.15, 0.2) is 18.2 Å². The van der Waals surface area contributed by atoms with Gasteiger partial charge in [-0.1, -0.05) is 0 Å². The number of hydrogen-bond acceptors (Lipinski definition) is 3. The van der Waals surface area contributed by atoms with E-state index in [0.717, 1.165) is 29.3 Å². The summed E-state index contributed by atoms with van der Waals surface area (Å²) in [5.74, 6) is 1.77. The summed E-state index contributed by atoms with van der Waals surface area (Å²) in [5.41, 5.74) is 2.26. The monoisotopic (exact) mass is 197 g/mol. The van der Waals surface area contributed by atoms with Crippen molar-refractivity contribution >= 4 is 18.3 Å². The molecule has 0 fully saturated rings. The minimum atomic E-state index is 0.838. The van der Waals surface area contributed by atoms with E-state index in [4.69, 9.17) is 4.74 Å². The van der Waals surface area contributed by atoms with Crippen molar-refractivity contribution in [2.24, 2.45) is 0 Å². The summed E-state index contributed by atoms with van der Waals surface area (Å²) in [6, 6.07) is 6.05. The first-order valence-corrected chi connectivity index (χ1v) is 4.90. The first-order valence-electron chi connectivity index (χ1n) is 4.27. The predicted molar refractivity (Wildman–Crippen MR) is 60.1 cm³/mol. The minimum absolute atomic E-state index is 0.838. The molecule has 13 heavy (non-hydrogen) atoms. The van der Waals surface area contributed by atoms with Gasteiger partial charge in [-0.25, -0.2) is 0 Å². The molecule has 0 heterocycles. The molecule has 1 rings (SSSR count). The minimum Gasteiger partial charge on any atom is -0.496 e. The Morgan fingerprint density at radius 1 is 1.46 bits per heavy atom. The Morgan fingerprint density at radius 2 is 2.23 bits per heavy atom. The number of nitrogens with one attached hydrogen (secondary N) is 1. The Kier molecular flexibility index (Phi) is 3.96. The van der Waals surface area contributed by atoms with Crippen molar-refractivity contribution < 1.29 is 4.74 Å². The van der Waals surface area contributed by atoms with Gasteiger partial charge in [0.1, 0.15) is 5.75 Å². The molecule has 0 aliphatic rings. The van der Waals surface area contributed by atoms with Gasteiger partial charge in [0.05, 0.1) is 7.11 Å². The van der Waals surface area contributed by atoms with Crippen LogP contribution in [0.2, 0.25) is 0 Å². The molecule has 2 nitrogen and oxygen atoms in total. The lowest BCUT2D eigenvalue weighted by Crippen LogP contribution is -2.02. The SMILES string of the molecule is COc1ccc(NCCS)cc1C. The van der Waals surface area contributed by atoms with Crippen LogP contribution in [0, 0.1) is 6.92 Å². The molecule has 1 aromatic rings. The fraction of sp³-hybridized carbons (Fsp3) is 0.400. The average Bonchev–Trinajstić information content (AvgIpc) is 2.15. The molecule has 0 radical (unpaired) electrons. The molecular formula is C10H15NOS. The summed E-state index contributed by atoms with van der Waals surface area (Å²) in [4.78, 5) is 0. The van der Waals surface area contributed by atoms with Gasteiger partial charge in [0, 0.05) is 18.0 Å². The molecule has 0 aromatic heterocycles. The van der Waals surface area contributed by atoms with Crippen LogP contribution in [-0.4, -0.2) is 19.4 Å². The number of anilines is 1. The highest BCUT2D eigenvalue weighted by atomic mass is 32.1. The van der Waals surface area contributed by atoms with Gasteiger partial charge in [0.15, 0.2) is 0 Å². The Balaban J connectivity index is 2.71. The maximum absolute atomic E-state index is 5.16. The highest BCUT2D eigenvalue weighted by Gasteiger charge is 1.98. The lowest BCUT2D eigenvalue weighted by molar-refractivity contribution is 0.412. The summed E-state index contributed by atoms with van der Waals surface area (Å²) >= 11 is 4.13. The zero-order valence-corrected chi connectivity index (χ0v) is 8.90. The molecule has 1 N–H and O–H groups in total. The molecule has 0 bridgehead atoms. The van der Waals surface area contributed by atoms with Crippen molar-refractivity contribution in [3.63, 3.8) is 0 Å². The summed E-state index contributed by atoms with van der Waals surface area (Å²) < 4.78 is 5.16. The Bertz CT molecular complexity index is 276. The molecule has 0 aliphatic carbocycles. The maximum atomic E-state index is 5.16. The van der Waals surface area contributed by atoms with E-state index < -0.39 is 0 Å². The van der Waals surface area contributed by atoms with Crippen LogP contribution in [0.3, 0.4) is 0 Å². The van der Waals surface area contributed by atoms with Gasteiger partial charge in [-0.2, -0.15) is 12.6 Å². The number of benzene rings is 1. The first kappa shape index (κ1) is 10.3. The third kappa shape index (κ3) is 2.84. The van der Waals surface area contributed by atoms with Gasteiger partial charge < -0.3 is 10.1 Å². The molecule has 0 spiro atoms. The van der Waals surface area contributed by atoms with Gasteiger partial charge in [-0.3, -0.25) is 0 Å². The number of ether oxygens (including phenoxy) is 1. The van der Waals surface area contributed by atoms with Crippen LogP contribution in [0.5, 0.6) is 5.75 Å². The van der Waals surface area contributed by atoms with Gasteiger partial charge in [0.25, 0.3) is 0 Å². The van der Waals surface area contributed by atoms with Crippen LogP contribution in [0.25, 0.3) is 0 Å². The van der Waals surface area contributed by atoms with E-state index in [2.05, 4.69) is 24.0 Å². The summed E-state index contributed by atoms with van der Waals surface area (Å²) in [6.07, 6.45) is 0.